The zero-order valence-electron chi connectivity index (χ0n) is 12.2. The lowest BCUT2D eigenvalue weighted by molar-refractivity contribution is 0.101. The molecule has 0 saturated carbocycles. The van der Waals surface area contributed by atoms with Crippen LogP contribution in [0.15, 0.2) is 30.3 Å². The first kappa shape index (κ1) is 14.9. The Labute approximate surface area is 135 Å². The minimum Gasteiger partial charge on any atom is -0.297 e. The van der Waals surface area contributed by atoms with Gasteiger partial charge in [-0.1, -0.05) is 24.3 Å². The maximum Gasteiger partial charge on any atom is 0.267 e. The lowest BCUT2D eigenvalue weighted by atomic mass is 10.2. The number of carbonyl (C=O) groups is 2. The van der Waals surface area contributed by atoms with E-state index in [9.17, 15) is 9.59 Å². The highest BCUT2D eigenvalue weighted by molar-refractivity contribution is 7.22. The summed E-state index contributed by atoms with van der Waals surface area (Å²) in [7, 11) is 0. The number of Topliss-reactive ketones (excluding diaryl/α,β-unsaturated/α-hetero) is 1. The summed E-state index contributed by atoms with van der Waals surface area (Å²) in [5.74, 6) is -0.261. The quantitative estimate of drug-likeness (QED) is 0.722. The topological polar surface area (TPSA) is 59.1 Å². The van der Waals surface area contributed by atoms with Gasteiger partial charge in [0.2, 0.25) is 0 Å². The smallest absolute Gasteiger partial charge is 0.267 e. The second-order valence-electron chi connectivity index (χ2n) is 4.85. The molecule has 0 bridgehead atoms. The molecule has 3 aromatic rings. The van der Waals surface area contributed by atoms with Crippen LogP contribution in [0.1, 0.15) is 38.8 Å². The van der Waals surface area contributed by atoms with Crippen molar-refractivity contribution in [3.05, 3.63) is 45.6 Å². The van der Waals surface area contributed by atoms with Crippen LogP contribution < -0.4 is 5.32 Å². The number of aromatic nitrogens is 1. The second kappa shape index (κ2) is 5.98. The number of ketones is 1. The van der Waals surface area contributed by atoms with Crippen LogP contribution in [0.3, 0.4) is 0 Å². The number of thiophene rings is 1. The van der Waals surface area contributed by atoms with E-state index in [1.54, 1.807) is 12.1 Å². The number of benzene rings is 1. The van der Waals surface area contributed by atoms with E-state index in [2.05, 4.69) is 23.3 Å². The molecule has 22 heavy (non-hydrogen) atoms. The number of aryl methyl sites for hydroxylation is 1. The van der Waals surface area contributed by atoms with Gasteiger partial charge in [-0.15, -0.1) is 11.3 Å². The van der Waals surface area contributed by atoms with Crippen LogP contribution in [0.25, 0.3) is 10.2 Å². The highest BCUT2D eigenvalue weighted by Crippen LogP contribution is 2.28. The molecule has 0 aliphatic rings. The molecule has 6 heteroatoms. The average Bonchev–Trinajstić information content (AvgIpc) is 3.12. The van der Waals surface area contributed by atoms with Crippen LogP contribution in [0.2, 0.25) is 0 Å². The highest BCUT2D eigenvalue weighted by atomic mass is 32.1. The van der Waals surface area contributed by atoms with Crippen molar-refractivity contribution < 1.29 is 9.59 Å². The molecule has 0 unspecified atom stereocenters. The highest BCUT2D eigenvalue weighted by Gasteiger charge is 2.13. The van der Waals surface area contributed by atoms with Gasteiger partial charge in [0.15, 0.2) is 10.9 Å². The van der Waals surface area contributed by atoms with Crippen molar-refractivity contribution in [2.24, 2.45) is 0 Å². The predicted molar refractivity (Wildman–Crippen MR) is 91.3 cm³/mol. The monoisotopic (exact) mass is 330 g/mol. The van der Waals surface area contributed by atoms with Crippen molar-refractivity contribution >= 4 is 49.7 Å². The van der Waals surface area contributed by atoms with E-state index in [4.69, 9.17) is 0 Å². The number of carbonyl (C=O) groups excluding carboxylic acids is 2. The number of fused-ring (bicyclic) bond motifs is 1. The molecule has 0 saturated heterocycles. The van der Waals surface area contributed by atoms with E-state index >= 15 is 0 Å². The number of anilines is 1. The van der Waals surface area contributed by atoms with Crippen LogP contribution in [0, 0.1) is 0 Å². The summed E-state index contributed by atoms with van der Waals surface area (Å²) in [6.45, 7) is 3.60. The molecule has 4 nitrogen and oxygen atoms in total. The number of hydrogen-bond acceptors (Lipinski definition) is 5. The molecule has 0 fully saturated rings. The third-order valence-electron chi connectivity index (χ3n) is 3.26. The Morgan fingerprint density at radius 1 is 1.14 bits per heavy atom. The molecule has 0 radical (unpaired) electrons. The minimum atomic E-state index is -0.229. The Hall–Kier alpha value is -2.05. The number of rotatable bonds is 4. The summed E-state index contributed by atoms with van der Waals surface area (Å²) in [6, 6.07) is 9.46. The lowest BCUT2D eigenvalue weighted by Gasteiger charge is -1.97. The van der Waals surface area contributed by atoms with Crippen molar-refractivity contribution in [3.8, 4) is 0 Å². The predicted octanol–water partition coefficient (Wildman–Crippen LogP) is 4.38. The van der Waals surface area contributed by atoms with Crippen LogP contribution in [-0.2, 0) is 6.42 Å². The Kier molecular flexibility index (Phi) is 4.04. The number of nitrogens with one attached hydrogen (secondary N) is 1. The third-order valence-corrected chi connectivity index (χ3v) is 5.38. The number of hydrogen-bond donors (Lipinski definition) is 1. The molecule has 112 valence electrons. The molecule has 3 rings (SSSR count). The zero-order valence-corrected chi connectivity index (χ0v) is 13.8. The molecular formula is C16H14N2O2S2. The van der Waals surface area contributed by atoms with E-state index in [1.165, 1.54) is 35.2 Å². The minimum absolute atomic E-state index is 0.0314. The molecule has 1 aromatic carbocycles. The molecular weight excluding hydrogens is 316 g/mol. The van der Waals surface area contributed by atoms with Crippen molar-refractivity contribution in [2.45, 2.75) is 20.3 Å². The van der Waals surface area contributed by atoms with Crippen molar-refractivity contribution in [3.63, 3.8) is 0 Å². The van der Waals surface area contributed by atoms with Gasteiger partial charge in [0.05, 0.1) is 20.0 Å². The van der Waals surface area contributed by atoms with E-state index in [-0.39, 0.29) is 11.7 Å². The summed E-state index contributed by atoms with van der Waals surface area (Å²) in [5, 5.41) is 3.38. The van der Waals surface area contributed by atoms with Crippen LogP contribution in [0.4, 0.5) is 5.13 Å². The first-order chi connectivity index (χ1) is 10.6. The maximum atomic E-state index is 12.2. The molecule has 1 N–H and O–H groups in total. The van der Waals surface area contributed by atoms with E-state index < -0.39 is 0 Å². The molecule has 0 atom stereocenters. The number of thiazole rings is 1. The first-order valence-electron chi connectivity index (χ1n) is 6.88. The van der Waals surface area contributed by atoms with Crippen LogP contribution in [-0.4, -0.2) is 16.7 Å². The fraction of sp³-hybridized carbons (Fsp3) is 0.188. The van der Waals surface area contributed by atoms with Gasteiger partial charge in [-0.3, -0.25) is 14.9 Å². The van der Waals surface area contributed by atoms with Crippen LogP contribution in [0.5, 0.6) is 0 Å². The molecule has 0 spiro atoms. The van der Waals surface area contributed by atoms with Gasteiger partial charge in [0.25, 0.3) is 5.91 Å². The fourth-order valence-corrected chi connectivity index (χ4v) is 3.77. The summed E-state index contributed by atoms with van der Waals surface area (Å²) in [5.41, 5.74) is 2.13. The summed E-state index contributed by atoms with van der Waals surface area (Å²) >= 11 is 2.65. The zero-order chi connectivity index (χ0) is 15.7. The Balaban J connectivity index is 1.82. The summed E-state index contributed by atoms with van der Waals surface area (Å²) < 4.78 is 1.06. The van der Waals surface area contributed by atoms with Crippen molar-refractivity contribution in [1.29, 1.82) is 0 Å². The van der Waals surface area contributed by atoms with Crippen molar-refractivity contribution in [2.75, 3.05) is 5.32 Å². The Morgan fingerprint density at radius 3 is 2.59 bits per heavy atom. The van der Waals surface area contributed by atoms with Gasteiger partial charge >= 0.3 is 0 Å². The Bertz CT molecular complexity index is 864. The average molecular weight is 330 g/mol. The van der Waals surface area contributed by atoms with Crippen LogP contribution >= 0.6 is 22.7 Å². The van der Waals surface area contributed by atoms with Gasteiger partial charge in [0.1, 0.15) is 0 Å². The molecule has 0 aliphatic carbocycles. The largest absolute Gasteiger partial charge is 0.297 e. The van der Waals surface area contributed by atoms with Crippen molar-refractivity contribution in [1.82, 2.24) is 4.98 Å². The van der Waals surface area contributed by atoms with Gasteiger partial charge in [-0.25, -0.2) is 4.98 Å². The van der Waals surface area contributed by atoms with Gasteiger partial charge < -0.3 is 0 Å². The lowest BCUT2D eigenvalue weighted by Crippen LogP contribution is -2.09. The third kappa shape index (κ3) is 2.93. The summed E-state index contributed by atoms with van der Waals surface area (Å²) in [6.07, 6.45) is 0.971. The van der Waals surface area contributed by atoms with E-state index in [1.807, 2.05) is 12.1 Å². The standard InChI is InChI=1S/C16H14N2O2S2/c1-3-10-4-5-11-14(8-10)22-16(17-11)18-15(20)13-7-6-12(21-13)9(2)19/h4-8H,3H2,1-2H3,(H,17,18,20). The fourth-order valence-electron chi connectivity index (χ4n) is 2.05. The van der Waals surface area contributed by atoms with Gasteiger partial charge in [0, 0.05) is 0 Å². The number of nitrogens with zero attached hydrogens (tertiary/aromatic N) is 1. The Morgan fingerprint density at radius 2 is 1.91 bits per heavy atom. The first-order valence-corrected chi connectivity index (χ1v) is 8.51. The van der Waals surface area contributed by atoms with Gasteiger partial charge in [-0.2, -0.15) is 0 Å². The maximum absolute atomic E-state index is 12.2. The van der Waals surface area contributed by atoms with E-state index in [0.29, 0.717) is 14.9 Å². The van der Waals surface area contributed by atoms with E-state index in [0.717, 1.165) is 16.6 Å². The molecule has 1 amide bonds. The second-order valence-corrected chi connectivity index (χ2v) is 6.96. The molecule has 2 heterocycles. The molecule has 2 aromatic heterocycles. The van der Waals surface area contributed by atoms with Gasteiger partial charge in [-0.05, 0) is 43.2 Å². The summed E-state index contributed by atoms with van der Waals surface area (Å²) in [4.78, 5) is 29.0. The number of amides is 1. The molecule has 0 aliphatic heterocycles. The SMILES string of the molecule is CCc1ccc2nc(NC(=O)c3ccc(C(C)=O)s3)sc2c1. The normalized spacial score (nSPS) is 10.8.